The maximum absolute atomic E-state index is 12.8. The van der Waals surface area contributed by atoms with E-state index in [4.69, 9.17) is 5.11 Å². The molecule has 0 aliphatic heterocycles. The Hall–Kier alpha value is -3.49. The Bertz CT molecular complexity index is 1110. The van der Waals surface area contributed by atoms with E-state index < -0.39 is 29.8 Å². The van der Waals surface area contributed by atoms with Crippen LogP contribution in [0.2, 0.25) is 0 Å². The minimum atomic E-state index is -4.83. The Morgan fingerprint density at radius 1 is 0.771 bits per heavy atom. The molecule has 0 atom stereocenters. The Morgan fingerprint density at radius 2 is 1.20 bits per heavy atom. The van der Waals surface area contributed by atoms with Gasteiger partial charge >= 0.3 is 18.5 Å². The van der Waals surface area contributed by atoms with Gasteiger partial charge in [-0.2, -0.15) is 13.2 Å². The molecule has 0 amide bonds. The number of benzene rings is 3. The highest BCUT2D eigenvalue weighted by Gasteiger charge is 2.31. The van der Waals surface area contributed by atoms with Crippen molar-refractivity contribution in [3.63, 3.8) is 0 Å². The molecule has 0 aliphatic rings. The normalized spacial score (nSPS) is 11.6. The van der Waals surface area contributed by atoms with Gasteiger partial charge in [0.2, 0.25) is 0 Å². The van der Waals surface area contributed by atoms with Crippen molar-refractivity contribution in [2.24, 2.45) is 5.92 Å². The molecule has 0 aliphatic carbocycles. The predicted molar refractivity (Wildman–Crippen MR) is 121 cm³/mol. The van der Waals surface area contributed by atoms with Crippen LogP contribution >= 0.6 is 0 Å². The number of halogens is 6. The minimum Gasteiger partial charge on any atom is -0.481 e. The SMILES string of the molecule is CC(C)C.O=C(O)Cc1cc(-c2ccc(OC(F)(F)F)cc2)cc(-c2ccc(C(F)(F)F)cc2)c1. The third kappa shape index (κ3) is 9.35. The number of carboxylic acids is 1. The summed E-state index contributed by atoms with van der Waals surface area (Å²) in [4.78, 5) is 11.1. The van der Waals surface area contributed by atoms with Gasteiger partial charge in [-0.25, -0.2) is 0 Å². The van der Waals surface area contributed by atoms with Crippen LogP contribution in [0.4, 0.5) is 26.3 Å². The Morgan fingerprint density at radius 3 is 1.57 bits per heavy atom. The molecular weight excluding hydrogens is 474 g/mol. The minimum absolute atomic E-state index is 0.337. The van der Waals surface area contributed by atoms with Crippen LogP contribution in [0.5, 0.6) is 5.75 Å². The van der Waals surface area contributed by atoms with E-state index in [1.807, 2.05) is 0 Å². The third-order valence-electron chi connectivity index (χ3n) is 4.31. The standard InChI is InChI=1S/C22H14F6O3.C4H10/c23-21(24,25)18-5-1-14(2-6-18)16-9-13(11-20(29)30)10-17(12-16)15-3-7-19(8-4-15)31-22(26,27)28;1-4(2)3/h1-10,12H,11H2,(H,29,30);4H,1-3H3. The molecule has 188 valence electrons. The fourth-order valence-corrected chi connectivity index (χ4v) is 3.00. The number of aliphatic carboxylic acids is 1. The molecule has 0 aromatic heterocycles. The second-order valence-electron chi connectivity index (χ2n) is 8.37. The van der Waals surface area contributed by atoms with Gasteiger partial charge in [0.15, 0.2) is 0 Å². The van der Waals surface area contributed by atoms with Gasteiger partial charge < -0.3 is 9.84 Å². The third-order valence-corrected chi connectivity index (χ3v) is 4.31. The lowest BCUT2D eigenvalue weighted by atomic mass is 9.94. The zero-order chi connectivity index (χ0) is 26.4. The number of rotatable bonds is 5. The number of hydrogen-bond acceptors (Lipinski definition) is 2. The molecule has 3 rings (SSSR count). The quantitative estimate of drug-likeness (QED) is 0.361. The fraction of sp³-hybridized carbons (Fsp3) is 0.269. The van der Waals surface area contributed by atoms with Gasteiger partial charge in [0.25, 0.3) is 0 Å². The van der Waals surface area contributed by atoms with Crippen LogP contribution in [-0.2, 0) is 17.4 Å². The molecule has 35 heavy (non-hydrogen) atoms. The van der Waals surface area contributed by atoms with Crippen molar-refractivity contribution in [3.05, 3.63) is 77.9 Å². The molecule has 0 fully saturated rings. The second kappa shape index (κ2) is 11.3. The van der Waals surface area contributed by atoms with E-state index in [1.165, 1.54) is 24.3 Å². The first kappa shape index (κ1) is 27.8. The molecule has 0 spiro atoms. The topological polar surface area (TPSA) is 46.5 Å². The van der Waals surface area contributed by atoms with Crippen LogP contribution in [0.15, 0.2) is 66.7 Å². The van der Waals surface area contributed by atoms with Gasteiger partial charge in [-0.05, 0) is 64.1 Å². The monoisotopic (exact) mass is 498 g/mol. The Kier molecular flexibility index (Phi) is 8.95. The molecule has 0 unspecified atom stereocenters. The summed E-state index contributed by atoms with van der Waals surface area (Å²) >= 11 is 0. The summed E-state index contributed by atoms with van der Waals surface area (Å²) < 4.78 is 79.2. The molecule has 9 heteroatoms. The van der Waals surface area contributed by atoms with E-state index in [2.05, 4.69) is 25.5 Å². The first-order chi connectivity index (χ1) is 16.1. The lowest BCUT2D eigenvalue weighted by Gasteiger charge is -2.12. The predicted octanol–water partition coefficient (Wildman–Crippen LogP) is 8.23. The van der Waals surface area contributed by atoms with Crippen molar-refractivity contribution < 1.29 is 41.0 Å². The molecule has 3 aromatic rings. The highest BCUT2D eigenvalue weighted by molar-refractivity contribution is 5.77. The van der Waals surface area contributed by atoms with E-state index >= 15 is 0 Å². The summed E-state index contributed by atoms with van der Waals surface area (Å²) in [5.41, 5.74) is 1.44. The summed E-state index contributed by atoms with van der Waals surface area (Å²) in [5, 5.41) is 9.11. The van der Waals surface area contributed by atoms with Gasteiger partial charge in [-0.15, -0.1) is 13.2 Å². The summed E-state index contributed by atoms with van der Waals surface area (Å²) in [6, 6.07) is 14.1. The number of hydrogen-bond donors (Lipinski definition) is 1. The zero-order valence-electron chi connectivity index (χ0n) is 19.2. The summed E-state index contributed by atoms with van der Waals surface area (Å²) in [6.45, 7) is 6.50. The van der Waals surface area contributed by atoms with Gasteiger partial charge in [0.1, 0.15) is 5.75 Å². The van der Waals surface area contributed by atoms with Crippen molar-refractivity contribution in [1.82, 2.24) is 0 Å². The molecule has 0 radical (unpaired) electrons. The van der Waals surface area contributed by atoms with Gasteiger partial charge in [-0.1, -0.05) is 57.2 Å². The van der Waals surface area contributed by atoms with Gasteiger partial charge in [0, 0.05) is 0 Å². The molecular formula is C26H24F6O3. The number of ether oxygens (including phenoxy) is 1. The van der Waals surface area contributed by atoms with Crippen LogP contribution in [0, 0.1) is 5.92 Å². The number of carbonyl (C=O) groups is 1. The van der Waals surface area contributed by atoms with Gasteiger partial charge in [0.05, 0.1) is 12.0 Å². The van der Waals surface area contributed by atoms with E-state index in [-0.39, 0.29) is 6.42 Å². The van der Waals surface area contributed by atoms with Crippen LogP contribution in [-0.4, -0.2) is 17.4 Å². The maximum Gasteiger partial charge on any atom is 0.573 e. The van der Waals surface area contributed by atoms with E-state index in [0.29, 0.717) is 27.8 Å². The van der Waals surface area contributed by atoms with Crippen molar-refractivity contribution in [2.45, 2.75) is 39.7 Å². The second-order valence-corrected chi connectivity index (χ2v) is 8.37. The average Bonchev–Trinajstić information content (AvgIpc) is 2.71. The summed E-state index contributed by atoms with van der Waals surface area (Å²) in [7, 11) is 0. The molecule has 0 saturated carbocycles. The lowest BCUT2D eigenvalue weighted by Crippen LogP contribution is -2.16. The molecule has 3 aromatic carbocycles. The average molecular weight is 498 g/mol. The number of alkyl halides is 6. The van der Waals surface area contributed by atoms with E-state index in [0.717, 1.165) is 30.2 Å². The molecule has 3 nitrogen and oxygen atoms in total. The molecule has 1 N–H and O–H groups in total. The van der Waals surface area contributed by atoms with Gasteiger partial charge in [-0.3, -0.25) is 4.79 Å². The van der Waals surface area contributed by atoms with Crippen LogP contribution < -0.4 is 4.74 Å². The highest BCUT2D eigenvalue weighted by Crippen LogP contribution is 2.34. The van der Waals surface area contributed by atoms with Crippen LogP contribution in [0.1, 0.15) is 31.9 Å². The Balaban J connectivity index is 0.00000100. The lowest BCUT2D eigenvalue weighted by molar-refractivity contribution is -0.274. The smallest absolute Gasteiger partial charge is 0.481 e. The Labute approximate surface area is 199 Å². The molecule has 0 saturated heterocycles. The van der Waals surface area contributed by atoms with Crippen molar-refractivity contribution in [2.75, 3.05) is 0 Å². The van der Waals surface area contributed by atoms with Crippen molar-refractivity contribution in [3.8, 4) is 28.0 Å². The van der Waals surface area contributed by atoms with E-state index in [9.17, 15) is 31.1 Å². The zero-order valence-corrected chi connectivity index (χ0v) is 19.2. The van der Waals surface area contributed by atoms with Crippen molar-refractivity contribution in [1.29, 1.82) is 0 Å². The molecule has 0 bridgehead atoms. The van der Waals surface area contributed by atoms with Crippen molar-refractivity contribution >= 4 is 5.97 Å². The first-order valence-corrected chi connectivity index (χ1v) is 10.5. The number of carboxylic acid groups (broad SMARTS) is 1. The van der Waals surface area contributed by atoms with E-state index in [1.54, 1.807) is 18.2 Å². The van der Waals surface area contributed by atoms with Crippen LogP contribution in [0.25, 0.3) is 22.3 Å². The first-order valence-electron chi connectivity index (χ1n) is 10.5. The largest absolute Gasteiger partial charge is 0.573 e. The van der Waals surface area contributed by atoms with Crippen LogP contribution in [0.3, 0.4) is 0 Å². The summed E-state index contributed by atoms with van der Waals surface area (Å²) in [6.07, 6.45) is -9.66. The fourth-order valence-electron chi connectivity index (χ4n) is 3.00. The maximum atomic E-state index is 12.8. The molecule has 0 heterocycles. The highest BCUT2D eigenvalue weighted by atomic mass is 19.4. The summed E-state index contributed by atoms with van der Waals surface area (Å²) in [5.74, 6) is -0.689.